The Kier molecular flexibility index (Phi) is 5.58. The molecule has 1 fully saturated rings. The molecule has 0 amide bonds. The molecule has 0 aromatic carbocycles. The number of piperazine rings is 1. The third-order valence-electron chi connectivity index (χ3n) is 5.76. The summed E-state index contributed by atoms with van der Waals surface area (Å²) in [5.74, 6) is 1.72. The van der Waals surface area contributed by atoms with Crippen LogP contribution in [0.4, 0.5) is 5.82 Å². The van der Waals surface area contributed by atoms with E-state index >= 15 is 0 Å². The molecule has 0 saturated carbocycles. The fourth-order valence-corrected chi connectivity index (χ4v) is 3.84. The van der Waals surface area contributed by atoms with Gasteiger partial charge in [-0.1, -0.05) is 13.0 Å². The summed E-state index contributed by atoms with van der Waals surface area (Å²) in [6.45, 7) is 11.3. The molecule has 0 N–H and O–H groups in total. The van der Waals surface area contributed by atoms with E-state index in [1.807, 2.05) is 29.9 Å². The highest BCUT2D eigenvalue weighted by Gasteiger charge is 2.21. The molecule has 0 atom stereocenters. The first-order valence-electron chi connectivity index (χ1n) is 10.3. The average molecular weight is 392 g/mol. The van der Waals surface area contributed by atoms with Crippen LogP contribution >= 0.6 is 0 Å². The second kappa shape index (κ2) is 8.29. The van der Waals surface area contributed by atoms with Crippen molar-refractivity contribution in [3.8, 4) is 11.5 Å². The molecule has 1 aliphatic rings. The summed E-state index contributed by atoms with van der Waals surface area (Å²) in [7, 11) is 2.02. The third kappa shape index (κ3) is 4.15. The Labute approximate surface area is 172 Å². The Morgan fingerprint density at radius 3 is 2.45 bits per heavy atom. The summed E-state index contributed by atoms with van der Waals surface area (Å²) < 4.78 is 1.98. The second-order valence-corrected chi connectivity index (χ2v) is 7.65. The lowest BCUT2D eigenvalue weighted by atomic mass is 10.1. The molecule has 3 aromatic rings. The van der Waals surface area contributed by atoms with Crippen molar-refractivity contribution in [2.45, 2.75) is 33.7 Å². The Morgan fingerprint density at radius 1 is 1.03 bits per heavy atom. The third-order valence-corrected chi connectivity index (χ3v) is 5.76. The zero-order valence-corrected chi connectivity index (χ0v) is 17.8. The summed E-state index contributed by atoms with van der Waals surface area (Å²) in [5.41, 5.74) is 5.63. The summed E-state index contributed by atoms with van der Waals surface area (Å²) in [4.78, 5) is 18.8. The van der Waals surface area contributed by atoms with Gasteiger partial charge in [0.25, 0.3) is 0 Å². The van der Waals surface area contributed by atoms with Crippen molar-refractivity contribution in [3.63, 3.8) is 0 Å². The van der Waals surface area contributed by atoms with E-state index in [-0.39, 0.29) is 0 Å². The maximum absolute atomic E-state index is 4.84. The van der Waals surface area contributed by atoms with Crippen molar-refractivity contribution in [3.05, 3.63) is 53.1 Å². The fraction of sp³-hybridized carbons (Fsp3) is 0.455. The number of aromatic nitrogens is 5. The SMILES string of the molecule is CCc1cc(N2CCN(Cc3c(C)nn(C)c3C)CC2)nc(-c2ccccn2)n1. The summed E-state index contributed by atoms with van der Waals surface area (Å²) in [6, 6.07) is 7.98. The first-order valence-corrected chi connectivity index (χ1v) is 10.3. The summed E-state index contributed by atoms with van der Waals surface area (Å²) >= 11 is 0. The number of aryl methyl sites for hydroxylation is 3. The topological polar surface area (TPSA) is 63.0 Å². The number of rotatable bonds is 5. The molecule has 0 unspecified atom stereocenters. The van der Waals surface area contributed by atoms with Gasteiger partial charge in [0.15, 0.2) is 5.82 Å². The van der Waals surface area contributed by atoms with E-state index in [1.165, 1.54) is 11.3 Å². The Hall–Kier alpha value is -2.80. The van der Waals surface area contributed by atoms with E-state index in [9.17, 15) is 0 Å². The zero-order chi connectivity index (χ0) is 20.4. The van der Waals surface area contributed by atoms with Crippen LogP contribution < -0.4 is 4.90 Å². The van der Waals surface area contributed by atoms with Crippen LogP contribution in [0.2, 0.25) is 0 Å². The van der Waals surface area contributed by atoms with Gasteiger partial charge in [0.1, 0.15) is 11.5 Å². The highest BCUT2D eigenvalue weighted by atomic mass is 15.3. The molecule has 29 heavy (non-hydrogen) atoms. The first-order chi connectivity index (χ1) is 14.0. The van der Waals surface area contributed by atoms with E-state index in [1.54, 1.807) is 6.20 Å². The van der Waals surface area contributed by atoms with Crippen LogP contribution in [0, 0.1) is 13.8 Å². The van der Waals surface area contributed by atoms with Gasteiger partial charge in [0.2, 0.25) is 0 Å². The van der Waals surface area contributed by atoms with Gasteiger partial charge in [0, 0.05) is 69.0 Å². The predicted octanol–water partition coefficient (Wildman–Crippen LogP) is 2.77. The van der Waals surface area contributed by atoms with Crippen molar-refractivity contribution < 1.29 is 0 Å². The molecule has 3 aromatic heterocycles. The lowest BCUT2D eigenvalue weighted by Crippen LogP contribution is -2.46. The van der Waals surface area contributed by atoms with Crippen LogP contribution in [0.5, 0.6) is 0 Å². The molecular weight excluding hydrogens is 362 g/mol. The number of nitrogens with zero attached hydrogens (tertiary/aromatic N) is 7. The molecule has 0 bridgehead atoms. The van der Waals surface area contributed by atoms with Gasteiger partial charge in [-0.2, -0.15) is 5.10 Å². The molecular formula is C22H29N7. The van der Waals surface area contributed by atoms with Gasteiger partial charge in [-0.3, -0.25) is 14.6 Å². The van der Waals surface area contributed by atoms with Crippen LogP contribution in [0.25, 0.3) is 11.5 Å². The van der Waals surface area contributed by atoms with Crippen molar-refractivity contribution in [1.82, 2.24) is 29.6 Å². The van der Waals surface area contributed by atoms with E-state index in [0.29, 0.717) is 5.82 Å². The quantitative estimate of drug-likeness (QED) is 0.666. The molecule has 1 aliphatic heterocycles. The molecule has 0 aliphatic carbocycles. The number of pyridine rings is 1. The van der Waals surface area contributed by atoms with E-state index < -0.39 is 0 Å². The molecule has 0 radical (unpaired) electrons. The van der Waals surface area contributed by atoms with Gasteiger partial charge in [-0.25, -0.2) is 9.97 Å². The maximum Gasteiger partial charge on any atom is 0.180 e. The molecule has 0 spiro atoms. The van der Waals surface area contributed by atoms with Gasteiger partial charge < -0.3 is 4.90 Å². The fourth-order valence-electron chi connectivity index (χ4n) is 3.84. The molecule has 4 heterocycles. The Balaban J connectivity index is 1.48. The second-order valence-electron chi connectivity index (χ2n) is 7.65. The van der Waals surface area contributed by atoms with Crippen LogP contribution in [-0.4, -0.2) is 55.8 Å². The predicted molar refractivity (Wildman–Crippen MR) is 115 cm³/mol. The lowest BCUT2D eigenvalue weighted by molar-refractivity contribution is 0.248. The van der Waals surface area contributed by atoms with Gasteiger partial charge in [0.05, 0.1) is 5.69 Å². The number of hydrogen-bond donors (Lipinski definition) is 0. The van der Waals surface area contributed by atoms with Crippen molar-refractivity contribution >= 4 is 5.82 Å². The number of hydrogen-bond acceptors (Lipinski definition) is 6. The van der Waals surface area contributed by atoms with E-state index in [4.69, 9.17) is 4.98 Å². The Bertz CT molecular complexity index is 972. The van der Waals surface area contributed by atoms with Crippen LogP contribution in [0.3, 0.4) is 0 Å². The normalized spacial score (nSPS) is 15.1. The minimum Gasteiger partial charge on any atom is -0.354 e. The van der Waals surface area contributed by atoms with Gasteiger partial charge in [-0.15, -0.1) is 0 Å². The summed E-state index contributed by atoms with van der Waals surface area (Å²) in [6.07, 6.45) is 2.67. The maximum atomic E-state index is 4.84. The highest BCUT2D eigenvalue weighted by molar-refractivity contribution is 5.54. The minimum absolute atomic E-state index is 0.712. The van der Waals surface area contributed by atoms with Crippen LogP contribution in [0.15, 0.2) is 30.5 Å². The zero-order valence-electron chi connectivity index (χ0n) is 17.8. The van der Waals surface area contributed by atoms with Crippen LogP contribution in [0.1, 0.15) is 29.6 Å². The molecule has 1 saturated heterocycles. The van der Waals surface area contributed by atoms with Crippen LogP contribution in [-0.2, 0) is 20.0 Å². The average Bonchev–Trinajstić information content (AvgIpc) is 3.00. The molecule has 7 nitrogen and oxygen atoms in total. The lowest BCUT2D eigenvalue weighted by Gasteiger charge is -2.35. The standard InChI is InChI=1S/C22H29N7/c1-5-18-14-21(25-22(24-18)20-8-6-7-9-23-20)29-12-10-28(11-13-29)15-19-16(2)26-27(4)17(19)3/h6-9,14H,5,10-13,15H2,1-4H3. The van der Waals surface area contributed by atoms with E-state index in [0.717, 1.165) is 62.0 Å². The van der Waals surface area contributed by atoms with Crippen molar-refractivity contribution in [2.75, 3.05) is 31.1 Å². The highest BCUT2D eigenvalue weighted by Crippen LogP contribution is 2.22. The molecule has 4 rings (SSSR count). The molecule has 152 valence electrons. The first kappa shape index (κ1) is 19.5. The summed E-state index contributed by atoms with van der Waals surface area (Å²) in [5, 5.41) is 4.55. The van der Waals surface area contributed by atoms with Crippen molar-refractivity contribution in [2.24, 2.45) is 7.05 Å². The largest absolute Gasteiger partial charge is 0.354 e. The minimum atomic E-state index is 0.712. The van der Waals surface area contributed by atoms with Gasteiger partial charge in [-0.05, 0) is 32.4 Å². The Morgan fingerprint density at radius 2 is 1.83 bits per heavy atom. The van der Waals surface area contributed by atoms with Gasteiger partial charge >= 0.3 is 0 Å². The smallest absolute Gasteiger partial charge is 0.180 e. The molecule has 7 heteroatoms. The van der Waals surface area contributed by atoms with E-state index in [2.05, 4.69) is 51.7 Å². The number of anilines is 1. The van der Waals surface area contributed by atoms with Crippen molar-refractivity contribution in [1.29, 1.82) is 0 Å². The monoisotopic (exact) mass is 391 g/mol.